The second kappa shape index (κ2) is 5.73. The molecule has 126 valence electrons. The number of hydrogen-bond acceptors (Lipinski definition) is 4. The van der Waals surface area contributed by atoms with Crippen LogP contribution in [0.5, 0.6) is 0 Å². The third-order valence-corrected chi connectivity index (χ3v) is 4.92. The Morgan fingerprint density at radius 3 is 2.44 bits per heavy atom. The van der Waals surface area contributed by atoms with Crippen LogP contribution in [-0.2, 0) is 10.0 Å². The smallest absolute Gasteiger partial charge is 0.238 e. The first-order chi connectivity index (χ1) is 11.9. The maximum atomic E-state index is 11.3. The number of nitrogens with two attached hydrogens (primary N) is 1. The highest BCUT2D eigenvalue weighted by atomic mass is 35.5. The minimum atomic E-state index is -3.71. The largest absolute Gasteiger partial charge is 0.453 e. The van der Waals surface area contributed by atoms with Gasteiger partial charge in [0.05, 0.1) is 15.9 Å². The molecule has 2 aromatic heterocycles. The van der Waals surface area contributed by atoms with Gasteiger partial charge in [-0.3, -0.25) is 0 Å². The van der Waals surface area contributed by atoms with Crippen molar-refractivity contribution >= 4 is 32.7 Å². The van der Waals surface area contributed by atoms with Gasteiger partial charge in [-0.2, -0.15) is 0 Å². The maximum Gasteiger partial charge on any atom is 0.238 e. The van der Waals surface area contributed by atoms with E-state index < -0.39 is 10.0 Å². The zero-order valence-electron chi connectivity index (χ0n) is 12.7. The molecule has 0 saturated heterocycles. The van der Waals surface area contributed by atoms with Crippen LogP contribution in [0.15, 0.2) is 63.9 Å². The van der Waals surface area contributed by atoms with E-state index in [0.717, 1.165) is 16.6 Å². The first-order valence-electron chi connectivity index (χ1n) is 7.29. The number of aromatic amines is 1. The summed E-state index contributed by atoms with van der Waals surface area (Å²) in [5, 5.41) is 5.72. The zero-order valence-corrected chi connectivity index (χ0v) is 14.3. The molecule has 0 bridgehead atoms. The number of fused-ring (bicyclic) bond motifs is 1. The minimum absolute atomic E-state index is 0.0530. The number of nitrogens with zero attached hydrogens (tertiary/aromatic N) is 1. The van der Waals surface area contributed by atoms with Gasteiger partial charge in [-0.05, 0) is 54.6 Å². The van der Waals surface area contributed by atoms with Gasteiger partial charge in [-0.25, -0.2) is 18.5 Å². The molecule has 0 amide bonds. The Hall–Kier alpha value is -2.61. The van der Waals surface area contributed by atoms with Gasteiger partial charge < -0.3 is 9.40 Å². The van der Waals surface area contributed by atoms with Crippen LogP contribution in [0.2, 0.25) is 5.02 Å². The number of nitrogens with one attached hydrogen (secondary N) is 1. The van der Waals surface area contributed by atoms with Crippen molar-refractivity contribution in [2.45, 2.75) is 4.90 Å². The minimum Gasteiger partial charge on any atom is -0.453 e. The van der Waals surface area contributed by atoms with E-state index in [1.165, 1.54) is 12.1 Å². The number of sulfonamides is 1. The first-order valence-corrected chi connectivity index (χ1v) is 9.21. The Bertz CT molecular complexity index is 1180. The third kappa shape index (κ3) is 3.05. The van der Waals surface area contributed by atoms with Crippen LogP contribution in [0, 0.1) is 0 Å². The van der Waals surface area contributed by atoms with Crippen LogP contribution in [0.25, 0.3) is 33.9 Å². The molecule has 4 aromatic rings. The molecule has 0 saturated carbocycles. The molecule has 0 atom stereocenters. The fraction of sp³-hybridized carbons (Fsp3) is 0. The lowest BCUT2D eigenvalue weighted by molar-refractivity contribution is 0.592. The van der Waals surface area contributed by atoms with Crippen LogP contribution in [0.3, 0.4) is 0 Å². The average Bonchev–Trinajstić information content (AvgIpc) is 3.20. The highest BCUT2D eigenvalue weighted by molar-refractivity contribution is 7.89. The van der Waals surface area contributed by atoms with E-state index >= 15 is 0 Å². The quantitative estimate of drug-likeness (QED) is 0.570. The van der Waals surface area contributed by atoms with E-state index in [1.807, 2.05) is 6.07 Å². The fourth-order valence-electron chi connectivity index (χ4n) is 2.53. The number of H-pyrrole nitrogens is 1. The Labute approximate surface area is 148 Å². The molecule has 0 radical (unpaired) electrons. The molecule has 25 heavy (non-hydrogen) atoms. The number of hydrogen-bond donors (Lipinski definition) is 2. The lowest BCUT2D eigenvalue weighted by atomic mass is 10.2. The normalized spacial score (nSPS) is 11.9. The number of primary sulfonamides is 1. The number of aromatic nitrogens is 2. The maximum absolute atomic E-state index is 11.3. The standard InChI is InChI=1S/C17H12ClN3O3S/c18-11-3-6-13-14(9-11)21-17(20-13)16-8-7-15(24-16)10-1-4-12(5-2-10)25(19,22)23/h1-9H,(H,20,21)(H2,19,22,23). The Balaban J connectivity index is 1.69. The van der Waals surface area contributed by atoms with Crippen molar-refractivity contribution in [3.8, 4) is 22.9 Å². The number of imidazole rings is 1. The molecule has 4 rings (SSSR count). The SMILES string of the molecule is NS(=O)(=O)c1ccc(-c2ccc(-c3nc4ccc(Cl)cc4[nH]3)o2)cc1. The summed E-state index contributed by atoms with van der Waals surface area (Å²) in [5.74, 6) is 1.75. The molecular weight excluding hydrogens is 362 g/mol. The predicted molar refractivity (Wildman–Crippen MR) is 95.6 cm³/mol. The molecule has 0 aliphatic rings. The summed E-state index contributed by atoms with van der Waals surface area (Å²) in [6, 6.07) is 15.1. The predicted octanol–water partition coefficient (Wildman–Crippen LogP) is 3.79. The summed E-state index contributed by atoms with van der Waals surface area (Å²) in [6.07, 6.45) is 0. The van der Waals surface area contributed by atoms with Gasteiger partial charge in [0, 0.05) is 10.6 Å². The van der Waals surface area contributed by atoms with Crippen LogP contribution >= 0.6 is 11.6 Å². The van der Waals surface area contributed by atoms with Crippen molar-refractivity contribution in [3.63, 3.8) is 0 Å². The number of halogens is 1. The molecule has 2 heterocycles. The molecule has 0 aliphatic heterocycles. The van der Waals surface area contributed by atoms with E-state index in [2.05, 4.69) is 9.97 Å². The van der Waals surface area contributed by atoms with Crippen molar-refractivity contribution in [1.29, 1.82) is 0 Å². The number of furan rings is 1. The summed E-state index contributed by atoms with van der Waals surface area (Å²) < 4.78 is 28.5. The summed E-state index contributed by atoms with van der Waals surface area (Å²) in [6.45, 7) is 0. The van der Waals surface area contributed by atoms with Crippen LogP contribution in [0.1, 0.15) is 0 Å². The van der Waals surface area contributed by atoms with E-state index in [1.54, 1.807) is 36.4 Å². The van der Waals surface area contributed by atoms with E-state index in [-0.39, 0.29) is 4.90 Å². The summed E-state index contributed by atoms with van der Waals surface area (Å²) in [4.78, 5) is 7.69. The molecule has 0 fully saturated rings. The lowest BCUT2D eigenvalue weighted by Gasteiger charge is -2.00. The monoisotopic (exact) mass is 373 g/mol. The van der Waals surface area contributed by atoms with Gasteiger partial charge in [0.1, 0.15) is 5.76 Å². The van der Waals surface area contributed by atoms with E-state index in [4.69, 9.17) is 21.2 Å². The van der Waals surface area contributed by atoms with Crippen molar-refractivity contribution in [2.75, 3.05) is 0 Å². The van der Waals surface area contributed by atoms with Crippen molar-refractivity contribution < 1.29 is 12.8 Å². The average molecular weight is 374 g/mol. The Morgan fingerprint density at radius 2 is 1.72 bits per heavy atom. The van der Waals surface area contributed by atoms with E-state index in [9.17, 15) is 8.42 Å². The fourth-order valence-corrected chi connectivity index (χ4v) is 3.22. The molecule has 0 unspecified atom stereocenters. The molecule has 2 aromatic carbocycles. The van der Waals surface area contributed by atoms with Crippen LogP contribution in [0.4, 0.5) is 0 Å². The molecule has 0 spiro atoms. The van der Waals surface area contributed by atoms with Gasteiger partial charge in [0.2, 0.25) is 10.0 Å². The molecule has 3 N–H and O–H groups in total. The van der Waals surface area contributed by atoms with Gasteiger partial charge >= 0.3 is 0 Å². The molecule has 0 aliphatic carbocycles. The summed E-state index contributed by atoms with van der Waals surface area (Å²) in [7, 11) is -3.71. The van der Waals surface area contributed by atoms with Gasteiger partial charge in [-0.1, -0.05) is 11.6 Å². The highest BCUT2D eigenvalue weighted by Crippen LogP contribution is 2.29. The first kappa shape index (κ1) is 15.9. The second-order valence-corrected chi connectivity index (χ2v) is 7.48. The zero-order chi connectivity index (χ0) is 17.6. The van der Waals surface area contributed by atoms with Crippen molar-refractivity contribution in [2.24, 2.45) is 5.14 Å². The number of benzene rings is 2. The third-order valence-electron chi connectivity index (χ3n) is 3.75. The Kier molecular flexibility index (Phi) is 3.64. The molecular formula is C17H12ClN3O3S. The summed E-state index contributed by atoms with van der Waals surface area (Å²) in [5.41, 5.74) is 2.34. The van der Waals surface area contributed by atoms with E-state index in [0.29, 0.717) is 22.4 Å². The van der Waals surface area contributed by atoms with Gasteiger partial charge in [-0.15, -0.1) is 0 Å². The summed E-state index contributed by atoms with van der Waals surface area (Å²) >= 11 is 5.98. The Morgan fingerprint density at radius 1 is 1.00 bits per heavy atom. The van der Waals surface area contributed by atoms with Crippen LogP contribution < -0.4 is 5.14 Å². The van der Waals surface area contributed by atoms with Gasteiger partial charge in [0.25, 0.3) is 0 Å². The van der Waals surface area contributed by atoms with Gasteiger partial charge in [0.15, 0.2) is 11.6 Å². The second-order valence-electron chi connectivity index (χ2n) is 5.48. The van der Waals surface area contributed by atoms with Crippen molar-refractivity contribution in [3.05, 3.63) is 59.6 Å². The molecule has 8 heteroatoms. The lowest BCUT2D eigenvalue weighted by Crippen LogP contribution is -2.11. The number of rotatable bonds is 3. The molecule has 6 nitrogen and oxygen atoms in total. The van der Waals surface area contributed by atoms with Crippen molar-refractivity contribution in [1.82, 2.24) is 9.97 Å². The highest BCUT2D eigenvalue weighted by Gasteiger charge is 2.12. The van der Waals surface area contributed by atoms with Crippen LogP contribution in [-0.4, -0.2) is 18.4 Å². The topological polar surface area (TPSA) is 102 Å².